The van der Waals surface area contributed by atoms with Gasteiger partial charge in [-0.15, -0.1) is 0 Å². The van der Waals surface area contributed by atoms with E-state index in [0.29, 0.717) is 28.1 Å². The summed E-state index contributed by atoms with van der Waals surface area (Å²) in [4.78, 5) is 55.9. The molecule has 1 fully saturated rings. The predicted octanol–water partition coefficient (Wildman–Crippen LogP) is 4.69. The summed E-state index contributed by atoms with van der Waals surface area (Å²) >= 11 is 0. The van der Waals surface area contributed by atoms with Crippen molar-refractivity contribution in [2.75, 3.05) is 19.1 Å². The third-order valence-electron chi connectivity index (χ3n) is 8.79. The van der Waals surface area contributed by atoms with Crippen molar-refractivity contribution in [3.63, 3.8) is 0 Å². The highest BCUT2D eigenvalue weighted by Crippen LogP contribution is 2.58. The van der Waals surface area contributed by atoms with Crippen LogP contribution in [0, 0.1) is 17.8 Å². The molecule has 1 saturated heterocycles. The molecule has 4 aliphatic rings. The molecule has 0 aromatic heterocycles. The van der Waals surface area contributed by atoms with Gasteiger partial charge in [0.25, 0.3) is 0 Å². The minimum absolute atomic E-state index is 0.149. The van der Waals surface area contributed by atoms with Crippen LogP contribution in [-0.4, -0.2) is 42.7 Å². The van der Waals surface area contributed by atoms with Crippen molar-refractivity contribution < 1.29 is 33.8 Å². The normalized spacial score (nSPS) is 25.3. The zero-order valence-corrected chi connectivity index (χ0v) is 23.0. The van der Waals surface area contributed by atoms with Crippen LogP contribution in [0.2, 0.25) is 0 Å². The molecule has 1 aliphatic heterocycles. The minimum atomic E-state index is -0.838. The summed E-state index contributed by atoms with van der Waals surface area (Å²) in [5.41, 5.74) is 3.28. The van der Waals surface area contributed by atoms with E-state index in [1.165, 1.54) is 31.3 Å². The number of benzene rings is 2. The maximum Gasteiger partial charge on any atom is 0.238 e. The number of Topliss-reactive ketones (excluding diaryl/α,β-unsaturated/α-hetero) is 1. The van der Waals surface area contributed by atoms with E-state index in [1.54, 1.807) is 43.3 Å². The molecule has 2 aromatic carbocycles. The van der Waals surface area contributed by atoms with Crippen LogP contribution in [0.4, 0.5) is 5.69 Å². The van der Waals surface area contributed by atoms with Crippen molar-refractivity contribution >= 4 is 35.1 Å². The van der Waals surface area contributed by atoms with E-state index >= 15 is 0 Å². The first-order valence-corrected chi connectivity index (χ1v) is 13.5. The number of hydrogen-bond donors (Lipinski definition) is 1. The molecule has 6 rings (SSSR count). The molecular weight excluding hydrogens is 522 g/mol. The first-order valence-electron chi connectivity index (χ1n) is 13.5. The number of rotatable bonds is 5. The summed E-state index contributed by atoms with van der Waals surface area (Å²) in [7, 11) is 2.91. The molecule has 1 N–H and O–H groups in total. The lowest BCUT2D eigenvalue weighted by molar-refractivity contribution is -0.123. The predicted molar refractivity (Wildman–Crippen MR) is 152 cm³/mol. The van der Waals surface area contributed by atoms with Crippen LogP contribution in [0.25, 0.3) is 6.08 Å². The average molecular weight is 552 g/mol. The second kappa shape index (κ2) is 9.73. The minimum Gasteiger partial charge on any atom is -0.507 e. The van der Waals surface area contributed by atoms with Crippen molar-refractivity contribution in [1.29, 1.82) is 0 Å². The molecule has 8 nitrogen and oxygen atoms in total. The molecule has 2 amide bonds. The number of anilines is 1. The van der Waals surface area contributed by atoms with Gasteiger partial charge in [-0.2, -0.15) is 0 Å². The van der Waals surface area contributed by atoms with E-state index in [4.69, 9.17) is 9.47 Å². The number of phenolic OH excluding ortho intramolecular Hbond substituents is 1. The van der Waals surface area contributed by atoms with Gasteiger partial charge in [0.1, 0.15) is 17.2 Å². The van der Waals surface area contributed by atoms with Crippen molar-refractivity contribution in [2.45, 2.75) is 25.7 Å². The van der Waals surface area contributed by atoms with Gasteiger partial charge in [0.2, 0.25) is 11.8 Å². The smallest absolute Gasteiger partial charge is 0.238 e. The molecule has 1 heterocycles. The number of carbonyl (C=O) groups is 4. The fraction of sp³-hybridized carbons (Fsp3) is 0.273. The van der Waals surface area contributed by atoms with Gasteiger partial charge in [-0.05, 0) is 49.5 Å². The van der Waals surface area contributed by atoms with Crippen molar-refractivity contribution in [3.05, 3.63) is 88.5 Å². The summed E-state index contributed by atoms with van der Waals surface area (Å²) < 4.78 is 11.0. The molecule has 8 heteroatoms. The number of imide groups is 1. The summed E-state index contributed by atoms with van der Waals surface area (Å²) in [6.07, 6.45) is 5.35. The van der Waals surface area contributed by atoms with Crippen LogP contribution in [0.5, 0.6) is 17.2 Å². The van der Waals surface area contributed by atoms with E-state index in [-0.39, 0.29) is 53.3 Å². The maximum absolute atomic E-state index is 14.0. The Balaban J connectivity index is 1.51. The van der Waals surface area contributed by atoms with Gasteiger partial charge in [0.15, 0.2) is 11.6 Å². The number of ketones is 2. The highest BCUT2D eigenvalue weighted by molar-refractivity contribution is 6.25. The molecule has 2 aromatic rings. The maximum atomic E-state index is 14.0. The van der Waals surface area contributed by atoms with Crippen LogP contribution in [-0.2, 0) is 19.2 Å². The highest BCUT2D eigenvalue weighted by atomic mass is 16.5. The Morgan fingerprint density at radius 1 is 1.00 bits per heavy atom. The Morgan fingerprint density at radius 2 is 1.73 bits per heavy atom. The van der Waals surface area contributed by atoms with Gasteiger partial charge in [0.05, 0.1) is 31.7 Å². The monoisotopic (exact) mass is 551 g/mol. The van der Waals surface area contributed by atoms with Crippen molar-refractivity contribution in [3.8, 4) is 17.2 Å². The van der Waals surface area contributed by atoms with Crippen molar-refractivity contribution in [2.24, 2.45) is 17.8 Å². The van der Waals surface area contributed by atoms with E-state index in [2.05, 4.69) is 6.58 Å². The average Bonchev–Trinajstić information content (AvgIpc) is 3.24. The van der Waals surface area contributed by atoms with Crippen LogP contribution in [0.15, 0.2) is 77.4 Å². The number of aromatic hydroxyl groups is 1. The second-order valence-corrected chi connectivity index (χ2v) is 10.8. The molecule has 4 atom stereocenters. The first kappa shape index (κ1) is 26.5. The van der Waals surface area contributed by atoms with Crippen LogP contribution >= 0.6 is 0 Å². The molecule has 0 saturated carbocycles. The Labute approximate surface area is 237 Å². The number of phenols is 1. The van der Waals surface area contributed by atoms with E-state index < -0.39 is 23.7 Å². The fourth-order valence-corrected chi connectivity index (χ4v) is 6.89. The Hall–Kier alpha value is -4.72. The second-order valence-electron chi connectivity index (χ2n) is 10.8. The van der Waals surface area contributed by atoms with E-state index in [9.17, 15) is 24.3 Å². The number of allylic oxidation sites excluding steroid dienone is 6. The lowest BCUT2D eigenvalue weighted by Gasteiger charge is -2.42. The lowest BCUT2D eigenvalue weighted by atomic mass is 9.59. The molecule has 0 unspecified atom stereocenters. The van der Waals surface area contributed by atoms with Crippen LogP contribution in [0.3, 0.4) is 0 Å². The number of ether oxygens (including phenoxy) is 2. The van der Waals surface area contributed by atoms with Gasteiger partial charge in [-0.3, -0.25) is 24.1 Å². The molecule has 0 radical (unpaired) electrons. The number of nitrogens with zero attached hydrogens (tertiary/aromatic N) is 1. The molecule has 208 valence electrons. The summed E-state index contributed by atoms with van der Waals surface area (Å²) in [6, 6.07) is 10.1. The van der Waals surface area contributed by atoms with Gasteiger partial charge in [0, 0.05) is 40.3 Å². The van der Waals surface area contributed by atoms with Crippen LogP contribution < -0.4 is 14.4 Å². The van der Waals surface area contributed by atoms with Gasteiger partial charge < -0.3 is 14.6 Å². The number of carbonyl (C=O) groups excluding carboxylic acids is 4. The largest absolute Gasteiger partial charge is 0.507 e. The zero-order chi connectivity index (χ0) is 29.2. The third-order valence-corrected chi connectivity index (χ3v) is 8.79. The molecule has 0 spiro atoms. The topological polar surface area (TPSA) is 110 Å². The van der Waals surface area contributed by atoms with Gasteiger partial charge in [-0.25, -0.2) is 0 Å². The van der Waals surface area contributed by atoms with Crippen molar-refractivity contribution in [1.82, 2.24) is 0 Å². The standard InChI is InChI=1S/C33H29NO7/c1-5-17-6-8-18(9-7-17)34-32(38)21-11-10-20-22(27(21)33(34)39)15-23-28(24(35)12-16(2)31(23)37)29(20)30-25(36)13-19(40-3)14-26(30)41-4/h5-10,12-14,21-22,27,29,36H,1,11,15H2,2-4H3/t21-,22+,27-,29-/m0/s1. The fourth-order valence-electron chi connectivity index (χ4n) is 6.89. The number of amides is 2. The van der Waals surface area contributed by atoms with Crippen LogP contribution in [0.1, 0.15) is 36.8 Å². The van der Waals surface area contributed by atoms with E-state index in [1.807, 2.05) is 6.08 Å². The lowest BCUT2D eigenvalue weighted by Crippen LogP contribution is -2.40. The van der Waals surface area contributed by atoms with Gasteiger partial charge >= 0.3 is 0 Å². The quantitative estimate of drug-likeness (QED) is 0.326. The number of hydrogen-bond acceptors (Lipinski definition) is 7. The number of fused-ring (bicyclic) bond motifs is 3. The molecule has 0 bridgehead atoms. The Bertz CT molecular complexity index is 1640. The zero-order valence-electron chi connectivity index (χ0n) is 23.0. The molecule has 41 heavy (non-hydrogen) atoms. The van der Waals surface area contributed by atoms with E-state index in [0.717, 1.165) is 11.1 Å². The van der Waals surface area contributed by atoms with Gasteiger partial charge in [-0.1, -0.05) is 36.4 Å². The third kappa shape index (κ3) is 3.89. The summed E-state index contributed by atoms with van der Waals surface area (Å²) in [6.45, 7) is 5.35. The number of methoxy groups -OCH3 is 2. The SMILES string of the molecule is C=Cc1ccc(N2C(=O)[C@H]3[C@H](CC=C4[C@H](c5c(O)cc(OC)cc5OC)C5=C(C[C@H]43)C(=O)C(C)=CC5=O)C2=O)cc1. The Kier molecular flexibility index (Phi) is 6.29. The molecular formula is C33H29NO7. The summed E-state index contributed by atoms with van der Waals surface area (Å²) in [5, 5.41) is 11.2. The highest BCUT2D eigenvalue weighted by Gasteiger charge is 2.57. The summed E-state index contributed by atoms with van der Waals surface area (Å²) in [5.74, 6) is -3.42. The Morgan fingerprint density at radius 3 is 2.39 bits per heavy atom. The molecule has 3 aliphatic carbocycles. The first-order chi connectivity index (χ1) is 19.7.